The Kier molecular flexibility index (Phi) is 3.98. The number of fused-ring (bicyclic) bond motifs is 1. The van der Waals surface area contributed by atoms with Crippen molar-refractivity contribution in [3.05, 3.63) is 53.1 Å². The number of nitrogens with zero attached hydrogens (tertiary/aromatic N) is 3. The van der Waals surface area contributed by atoms with Crippen LogP contribution >= 0.6 is 0 Å². The predicted molar refractivity (Wildman–Crippen MR) is 93.1 cm³/mol. The van der Waals surface area contributed by atoms with Crippen molar-refractivity contribution in [3.8, 4) is 6.07 Å². The Labute approximate surface area is 140 Å². The number of nitrogens with one attached hydrogen (secondary N) is 1. The van der Waals surface area contributed by atoms with Gasteiger partial charge in [-0.25, -0.2) is 4.98 Å². The van der Waals surface area contributed by atoms with E-state index in [0.29, 0.717) is 11.4 Å². The van der Waals surface area contributed by atoms with Crippen molar-refractivity contribution in [1.29, 1.82) is 5.26 Å². The Balaban J connectivity index is 2.04. The van der Waals surface area contributed by atoms with Crippen LogP contribution in [0.15, 0.2) is 30.3 Å². The summed E-state index contributed by atoms with van der Waals surface area (Å²) in [5.41, 5.74) is 4.09. The first-order valence-corrected chi connectivity index (χ1v) is 8.01. The summed E-state index contributed by atoms with van der Waals surface area (Å²) in [5, 5.41) is 9.57. The van der Waals surface area contributed by atoms with E-state index in [1.165, 1.54) is 0 Å². The predicted octanol–water partition coefficient (Wildman–Crippen LogP) is 4.05. The number of carbonyl (C=O) groups is 1. The molecule has 3 aromatic rings. The van der Waals surface area contributed by atoms with Gasteiger partial charge in [0.05, 0.1) is 17.1 Å². The number of ketones is 1. The van der Waals surface area contributed by atoms with Crippen molar-refractivity contribution in [3.63, 3.8) is 0 Å². The number of rotatable bonds is 4. The minimum absolute atomic E-state index is 0.212. The molecule has 0 radical (unpaired) electrons. The average Bonchev–Trinajstić information content (AvgIpc) is 3.08. The number of benzene rings is 1. The molecule has 1 unspecified atom stereocenters. The monoisotopic (exact) mass is 320 g/mol. The van der Waals surface area contributed by atoms with Crippen LogP contribution in [0.25, 0.3) is 11.0 Å². The Hall–Kier alpha value is -2.87. The third-order valence-corrected chi connectivity index (χ3v) is 4.34. The van der Waals surface area contributed by atoms with E-state index in [1.807, 2.05) is 44.2 Å². The fraction of sp³-hybridized carbons (Fsp3) is 0.316. The van der Waals surface area contributed by atoms with Gasteiger partial charge in [0.25, 0.3) is 0 Å². The average molecular weight is 320 g/mol. The fourth-order valence-corrected chi connectivity index (χ4v) is 3.33. The molecule has 0 spiro atoms. The smallest absolute Gasteiger partial charge is 0.189 e. The Bertz CT molecular complexity index is 923. The zero-order valence-electron chi connectivity index (χ0n) is 14.3. The largest absolute Gasteiger partial charge is 0.346 e. The van der Waals surface area contributed by atoms with Crippen LogP contribution in [0.2, 0.25) is 0 Å². The summed E-state index contributed by atoms with van der Waals surface area (Å²) in [6.45, 7) is 8.06. The molecule has 0 saturated heterocycles. The molecule has 1 N–H and O–H groups in total. The molecule has 5 nitrogen and oxygen atoms in total. The minimum atomic E-state index is -0.932. The number of nitriles is 1. The summed E-state index contributed by atoms with van der Waals surface area (Å²) in [6, 6.07) is 11.8. The molecule has 0 saturated carbocycles. The number of hydrogen-bond acceptors (Lipinski definition) is 3. The summed E-state index contributed by atoms with van der Waals surface area (Å²) < 4.78 is 2.11. The maximum atomic E-state index is 13.0. The molecule has 0 aliphatic rings. The first-order chi connectivity index (χ1) is 11.4. The summed E-state index contributed by atoms with van der Waals surface area (Å²) >= 11 is 0. The Morgan fingerprint density at radius 1 is 1.29 bits per heavy atom. The van der Waals surface area contributed by atoms with E-state index in [2.05, 4.69) is 34.5 Å². The maximum absolute atomic E-state index is 13.0. The maximum Gasteiger partial charge on any atom is 0.189 e. The molecule has 1 atom stereocenters. The van der Waals surface area contributed by atoms with E-state index in [9.17, 15) is 10.1 Å². The van der Waals surface area contributed by atoms with E-state index in [1.54, 1.807) is 0 Å². The van der Waals surface area contributed by atoms with Gasteiger partial charge in [0, 0.05) is 23.0 Å². The van der Waals surface area contributed by atoms with Crippen molar-refractivity contribution in [2.45, 2.75) is 39.7 Å². The van der Waals surface area contributed by atoms with Gasteiger partial charge in [-0.05, 0) is 45.9 Å². The van der Waals surface area contributed by atoms with Crippen LogP contribution in [0.1, 0.15) is 53.4 Å². The van der Waals surface area contributed by atoms with Gasteiger partial charge in [-0.3, -0.25) is 4.79 Å². The zero-order chi connectivity index (χ0) is 17.4. The Morgan fingerprint density at radius 2 is 2.00 bits per heavy atom. The summed E-state index contributed by atoms with van der Waals surface area (Å²) in [4.78, 5) is 20.5. The third kappa shape index (κ3) is 2.50. The third-order valence-electron chi connectivity index (χ3n) is 4.34. The van der Waals surface area contributed by atoms with Crippen molar-refractivity contribution in [1.82, 2.24) is 14.5 Å². The van der Waals surface area contributed by atoms with E-state index >= 15 is 0 Å². The van der Waals surface area contributed by atoms with Crippen molar-refractivity contribution >= 4 is 16.8 Å². The topological polar surface area (TPSA) is 74.5 Å². The second kappa shape index (κ2) is 5.97. The molecule has 2 aromatic heterocycles. The number of Topliss-reactive ketones (excluding diaryl/α,β-unsaturated/α-hetero) is 1. The molecule has 24 heavy (non-hydrogen) atoms. The molecule has 3 rings (SSSR count). The lowest BCUT2D eigenvalue weighted by molar-refractivity contribution is 0.0976. The van der Waals surface area contributed by atoms with Gasteiger partial charge >= 0.3 is 0 Å². The number of carbonyl (C=O) groups excluding carboxylic acids is 1. The molecule has 1 aromatic carbocycles. The minimum Gasteiger partial charge on any atom is -0.346 e. The van der Waals surface area contributed by atoms with Gasteiger partial charge in [0.2, 0.25) is 0 Å². The highest BCUT2D eigenvalue weighted by molar-refractivity contribution is 6.03. The van der Waals surface area contributed by atoms with Gasteiger partial charge in [-0.1, -0.05) is 12.1 Å². The molecule has 5 heteroatoms. The number of hydrogen-bond donors (Lipinski definition) is 1. The molecule has 0 amide bonds. The van der Waals surface area contributed by atoms with Crippen molar-refractivity contribution in [2.24, 2.45) is 0 Å². The van der Waals surface area contributed by atoms with Crippen LogP contribution in [0.4, 0.5) is 0 Å². The fourth-order valence-electron chi connectivity index (χ4n) is 3.33. The quantitative estimate of drug-likeness (QED) is 0.737. The summed E-state index contributed by atoms with van der Waals surface area (Å²) in [7, 11) is 0. The molecule has 0 fully saturated rings. The highest BCUT2D eigenvalue weighted by Gasteiger charge is 2.28. The van der Waals surface area contributed by atoms with Gasteiger partial charge < -0.3 is 9.55 Å². The van der Waals surface area contributed by atoms with E-state index in [-0.39, 0.29) is 11.8 Å². The number of aromatic nitrogens is 3. The van der Waals surface area contributed by atoms with Crippen LogP contribution in [-0.2, 0) is 0 Å². The molecule has 122 valence electrons. The van der Waals surface area contributed by atoms with Crippen LogP contribution < -0.4 is 0 Å². The molecular formula is C19H20N4O. The number of imidazole rings is 1. The summed E-state index contributed by atoms with van der Waals surface area (Å²) in [6.07, 6.45) is 0. The zero-order valence-corrected chi connectivity index (χ0v) is 14.3. The number of aryl methyl sites for hydroxylation is 1. The van der Waals surface area contributed by atoms with Gasteiger partial charge in [-0.15, -0.1) is 0 Å². The SMILES string of the molecule is Cc1cc(C(=O)C(C#N)c2nc3ccccc3[nH]2)c(C)n1C(C)C. The molecule has 2 heterocycles. The van der Waals surface area contributed by atoms with Crippen LogP contribution in [0.3, 0.4) is 0 Å². The van der Waals surface area contributed by atoms with Gasteiger partial charge in [0.1, 0.15) is 5.82 Å². The lowest BCUT2D eigenvalue weighted by Gasteiger charge is -2.14. The van der Waals surface area contributed by atoms with Crippen LogP contribution in [-0.4, -0.2) is 20.3 Å². The van der Waals surface area contributed by atoms with Crippen molar-refractivity contribution in [2.75, 3.05) is 0 Å². The standard InChI is InChI=1S/C19H20N4O/c1-11(2)23-12(3)9-14(13(23)4)18(24)15(10-20)19-21-16-7-5-6-8-17(16)22-19/h5-9,11,15H,1-4H3,(H,21,22). The van der Waals surface area contributed by atoms with Crippen LogP contribution in [0, 0.1) is 25.2 Å². The number of aromatic amines is 1. The Morgan fingerprint density at radius 3 is 2.58 bits per heavy atom. The highest BCUT2D eigenvalue weighted by atomic mass is 16.1. The summed E-state index contributed by atoms with van der Waals surface area (Å²) in [5.74, 6) is -0.742. The van der Waals surface area contributed by atoms with E-state index < -0.39 is 5.92 Å². The number of para-hydroxylation sites is 2. The first-order valence-electron chi connectivity index (χ1n) is 8.01. The second-order valence-corrected chi connectivity index (χ2v) is 6.31. The normalized spacial score (nSPS) is 12.5. The lowest BCUT2D eigenvalue weighted by atomic mass is 9.98. The number of H-pyrrole nitrogens is 1. The van der Waals surface area contributed by atoms with Gasteiger partial charge in [0.15, 0.2) is 11.7 Å². The molecule has 0 aliphatic carbocycles. The first kappa shape index (κ1) is 16.0. The van der Waals surface area contributed by atoms with Gasteiger partial charge in [-0.2, -0.15) is 5.26 Å². The lowest BCUT2D eigenvalue weighted by Crippen LogP contribution is -2.14. The molecular weight excluding hydrogens is 300 g/mol. The van der Waals surface area contributed by atoms with E-state index in [0.717, 1.165) is 22.4 Å². The molecule has 0 bridgehead atoms. The molecule has 0 aliphatic heterocycles. The van der Waals surface area contributed by atoms with E-state index in [4.69, 9.17) is 0 Å². The van der Waals surface area contributed by atoms with Crippen LogP contribution in [0.5, 0.6) is 0 Å². The second-order valence-electron chi connectivity index (χ2n) is 6.31. The van der Waals surface area contributed by atoms with Crippen molar-refractivity contribution < 1.29 is 4.79 Å². The highest BCUT2D eigenvalue weighted by Crippen LogP contribution is 2.26.